The number of benzene rings is 1. The third-order valence-corrected chi connectivity index (χ3v) is 10.8. The first kappa shape index (κ1) is 47.4. The first-order valence-corrected chi connectivity index (χ1v) is 19.9. The number of ether oxygens (including phenoxy) is 2. The maximum atomic E-state index is 14.3. The fraction of sp³-hybridized carbons (Fsp3) is 0.732. The fourth-order valence-corrected chi connectivity index (χ4v) is 7.56. The number of hydrogen-bond donors (Lipinski definition) is 3. The van der Waals surface area contributed by atoms with Crippen molar-refractivity contribution in [3.63, 3.8) is 0 Å². The van der Waals surface area contributed by atoms with Crippen LogP contribution < -0.4 is 16.4 Å². The van der Waals surface area contributed by atoms with Gasteiger partial charge >= 0.3 is 0 Å². The molecule has 0 radical (unpaired) electrons. The number of likely N-dealkylation sites (tertiary alicyclic amines) is 1. The summed E-state index contributed by atoms with van der Waals surface area (Å²) >= 11 is 0. The molecule has 1 saturated heterocycles. The van der Waals surface area contributed by atoms with Gasteiger partial charge in [0.2, 0.25) is 23.6 Å². The van der Waals surface area contributed by atoms with E-state index in [0.717, 1.165) is 18.4 Å². The van der Waals surface area contributed by atoms with Crippen molar-refractivity contribution in [2.45, 2.75) is 110 Å². The van der Waals surface area contributed by atoms with E-state index in [-0.39, 0.29) is 47.9 Å². The SMILES string of the molecule is CC[C@H](C)[C@@H]([C@H](CC(=O)N1CCC[C@H]1[C@H](OC)[C@@H](C)C(=O)N[C@@H](Cc1ccccc1)C(=O)NCCCN)OC)N(C)C(=O)[C@@H](N=C(N(C)C)N(C)C)C(C)C. The van der Waals surface area contributed by atoms with E-state index in [0.29, 0.717) is 44.9 Å². The van der Waals surface area contributed by atoms with E-state index in [4.69, 9.17) is 20.2 Å². The lowest BCUT2D eigenvalue weighted by atomic mass is 9.89. The molecule has 0 aliphatic carbocycles. The van der Waals surface area contributed by atoms with Crippen molar-refractivity contribution in [3.05, 3.63) is 35.9 Å². The zero-order chi connectivity index (χ0) is 41.4. The van der Waals surface area contributed by atoms with Gasteiger partial charge in [0, 0.05) is 69.0 Å². The zero-order valence-corrected chi connectivity index (χ0v) is 35.7. The van der Waals surface area contributed by atoms with Crippen molar-refractivity contribution in [3.8, 4) is 0 Å². The van der Waals surface area contributed by atoms with Gasteiger partial charge in [0.25, 0.3) is 0 Å². The van der Waals surface area contributed by atoms with Gasteiger partial charge in [-0.3, -0.25) is 19.2 Å². The molecule has 0 aromatic heterocycles. The third-order valence-electron chi connectivity index (χ3n) is 10.8. The van der Waals surface area contributed by atoms with Gasteiger partial charge in [-0.2, -0.15) is 0 Å². The Morgan fingerprint density at radius 2 is 1.60 bits per heavy atom. The van der Waals surface area contributed by atoms with Gasteiger partial charge in [0.15, 0.2) is 5.96 Å². The van der Waals surface area contributed by atoms with Crippen LogP contribution in [0.4, 0.5) is 0 Å². The Balaban J connectivity index is 2.31. The molecule has 0 saturated carbocycles. The summed E-state index contributed by atoms with van der Waals surface area (Å²) in [6.45, 7) is 11.3. The van der Waals surface area contributed by atoms with E-state index in [1.54, 1.807) is 33.1 Å². The molecule has 1 fully saturated rings. The van der Waals surface area contributed by atoms with Crippen molar-refractivity contribution < 1.29 is 28.7 Å². The lowest BCUT2D eigenvalue weighted by Gasteiger charge is -2.40. The Hall–Kier alpha value is -3.75. The number of guanidine groups is 1. The molecule has 1 aromatic carbocycles. The molecule has 0 bridgehead atoms. The number of nitrogens with zero attached hydrogens (tertiary/aromatic N) is 5. The van der Waals surface area contributed by atoms with E-state index in [1.807, 2.05) is 87.1 Å². The lowest BCUT2D eigenvalue weighted by Crippen LogP contribution is -2.55. The van der Waals surface area contributed by atoms with Crippen molar-refractivity contribution in [2.24, 2.45) is 28.5 Å². The van der Waals surface area contributed by atoms with E-state index in [9.17, 15) is 19.2 Å². The molecule has 1 aliphatic heterocycles. The van der Waals surface area contributed by atoms with Crippen LogP contribution in [0.2, 0.25) is 0 Å². The summed E-state index contributed by atoms with van der Waals surface area (Å²) in [6.07, 6.45) is 1.98. The number of amides is 4. The second kappa shape index (κ2) is 23.3. The molecule has 55 heavy (non-hydrogen) atoms. The highest BCUT2D eigenvalue weighted by molar-refractivity contribution is 5.89. The van der Waals surface area contributed by atoms with Crippen molar-refractivity contribution in [1.82, 2.24) is 30.2 Å². The van der Waals surface area contributed by atoms with Gasteiger partial charge in [-0.05, 0) is 43.2 Å². The van der Waals surface area contributed by atoms with Crippen LogP contribution in [0.3, 0.4) is 0 Å². The Bertz CT molecular complexity index is 1370. The molecule has 14 heteroatoms. The summed E-state index contributed by atoms with van der Waals surface area (Å²) in [5.41, 5.74) is 6.55. The van der Waals surface area contributed by atoms with Crippen LogP contribution in [-0.4, -0.2) is 155 Å². The highest BCUT2D eigenvalue weighted by Crippen LogP contribution is 2.30. The van der Waals surface area contributed by atoms with Crippen LogP contribution >= 0.6 is 0 Å². The minimum Gasteiger partial charge on any atom is -0.379 e. The quantitative estimate of drug-likeness (QED) is 0.0970. The van der Waals surface area contributed by atoms with E-state index in [1.165, 1.54) is 0 Å². The highest BCUT2D eigenvalue weighted by Gasteiger charge is 2.43. The van der Waals surface area contributed by atoms with Gasteiger partial charge in [-0.25, -0.2) is 4.99 Å². The maximum absolute atomic E-state index is 14.3. The molecular formula is C41H72N8O6. The lowest BCUT2D eigenvalue weighted by molar-refractivity contribution is -0.146. The van der Waals surface area contributed by atoms with E-state index in [2.05, 4.69) is 24.5 Å². The molecule has 0 spiro atoms. The Kier molecular flexibility index (Phi) is 20.1. The second-order valence-electron chi connectivity index (χ2n) is 15.7. The number of nitrogens with one attached hydrogen (secondary N) is 2. The number of carbonyl (C=O) groups is 4. The van der Waals surface area contributed by atoms with Crippen LogP contribution in [0, 0.1) is 17.8 Å². The maximum Gasteiger partial charge on any atom is 0.247 e. The first-order valence-electron chi connectivity index (χ1n) is 19.9. The van der Waals surface area contributed by atoms with E-state index < -0.39 is 36.3 Å². The van der Waals surface area contributed by atoms with Crippen LogP contribution in [0.5, 0.6) is 0 Å². The van der Waals surface area contributed by atoms with Crippen molar-refractivity contribution >= 4 is 29.6 Å². The fourth-order valence-electron chi connectivity index (χ4n) is 7.56. The van der Waals surface area contributed by atoms with Gasteiger partial charge in [-0.15, -0.1) is 0 Å². The first-order chi connectivity index (χ1) is 26.0. The number of nitrogens with two attached hydrogens (primary N) is 1. The Labute approximate surface area is 330 Å². The number of rotatable bonds is 21. The molecule has 2 rings (SSSR count). The number of hydrogen-bond acceptors (Lipinski definition) is 8. The molecule has 1 aromatic rings. The predicted molar refractivity (Wildman–Crippen MR) is 218 cm³/mol. The van der Waals surface area contributed by atoms with Crippen LogP contribution in [0.15, 0.2) is 35.3 Å². The predicted octanol–water partition coefficient (Wildman–Crippen LogP) is 2.60. The van der Waals surface area contributed by atoms with E-state index >= 15 is 0 Å². The summed E-state index contributed by atoms with van der Waals surface area (Å²) in [6, 6.07) is 7.35. The molecular weight excluding hydrogens is 701 g/mol. The minimum absolute atomic E-state index is 0.0202. The molecule has 1 aliphatic rings. The summed E-state index contributed by atoms with van der Waals surface area (Å²) in [7, 11) is 12.5. The molecule has 0 unspecified atom stereocenters. The van der Waals surface area contributed by atoms with Gasteiger partial charge < -0.3 is 45.4 Å². The number of aliphatic imine (C=N–C) groups is 1. The average Bonchev–Trinajstić information content (AvgIpc) is 3.64. The summed E-state index contributed by atoms with van der Waals surface area (Å²) < 4.78 is 12.0. The topological polar surface area (TPSA) is 162 Å². The zero-order valence-electron chi connectivity index (χ0n) is 35.7. The molecule has 4 N–H and O–H groups in total. The summed E-state index contributed by atoms with van der Waals surface area (Å²) in [4.78, 5) is 67.8. The number of likely N-dealkylation sites (N-methyl/N-ethyl adjacent to an activating group) is 1. The summed E-state index contributed by atoms with van der Waals surface area (Å²) in [5, 5.41) is 5.87. The Morgan fingerprint density at radius 1 is 0.964 bits per heavy atom. The van der Waals surface area contributed by atoms with Crippen LogP contribution in [0.25, 0.3) is 0 Å². The molecule has 312 valence electrons. The molecule has 8 atom stereocenters. The van der Waals surface area contributed by atoms with Gasteiger partial charge in [0.05, 0.1) is 36.6 Å². The minimum atomic E-state index is -0.799. The van der Waals surface area contributed by atoms with Gasteiger partial charge in [-0.1, -0.05) is 71.4 Å². The molecule has 1 heterocycles. The highest BCUT2D eigenvalue weighted by atomic mass is 16.5. The smallest absolute Gasteiger partial charge is 0.247 e. The van der Waals surface area contributed by atoms with Crippen LogP contribution in [0.1, 0.15) is 72.3 Å². The average molecular weight is 773 g/mol. The number of carbonyl (C=O) groups excluding carboxylic acids is 4. The molecule has 4 amide bonds. The van der Waals surface area contributed by atoms with Crippen molar-refractivity contribution in [2.75, 3.05) is 69.1 Å². The summed E-state index contributed by atoms with van der Waals surface area (Å²) in [5.74, 6) is -0.901. The second-order valence-corrected chi connectivity index (χ2v) is 15.7. The third kappa shape index (κ3) is 13.5. The standard InChI is InChI=1S/C41H72N8O6/c1-13-28(4)36(48(10)40(53)35(27(2)3)45-41(46(6)7)47(8)9)33(54-11)26-34(50)49-24-17-21-32(49)37(55-12)29(5)38(51)44-31(39(52)43-23-18-22-42)25-30-19-15-14-16-20-30/h14-16,19-20,27-29,31-33,35-37H,13,17-18,21-26,42H2,1-12H3,(H,43,52)(H,44,51)/t28-,29+,31-,32-,33-,35-,36-,37+/m0/s1. The van der Waals surface area contributed by atoms with Crippen molar-refractivity contribution in [1.29, 1.82) is 0 Å². The van der Waals surface area contributed by atoms with Gasteiger partial charge in [0.1, 0.15) is 12.1 Å². The number of methoxy groups -OCH3 is 2. The Morgan fingerprint density at radius 3 is 2.13 bits per heavy atom. The largest absolute Gasteiger partial charge is 0.379 e. The monoisotopic (exact) mass is 773 g/mol. The molecule has 14 nitrogen and oxygen atoms in total. The van der Waals surface area contributed by atoms with Crippen LogP contribution in [-0.2, 0) is 35.1 Å². The normalized spacial score (nSPS) is 18.0.